The predicted molar refractivity (Wildman–Crippen MR) is 83.3 cm³/mol. The van der Waals surface area contributed by atoms with Crippen molar-refractivity contribution < 1.29 is 18.0 Å². The highest BCUT2D eigenvalue weighted by molar-refractivity contribution is 5.84. The molecule has 1 unspecified atom stereocenters. The van der Waals surface area contributed by atoms with Gasteiger partial charge in [-0.15, -0.1) is 0 Å². The summed E-state index contributed by atoms with van der Waals surface area (Å²) in [6.07, 6.45) is -2.68. The van der Waals surface area contributed by atoms with Crippen LogP contribution >= 0.6 is 0 Å². The molecule has 1 rings (SSSR count). The molecule has 9 heteroatoms. The van der Waals surface area contributed by atoms with E-state index in [0.29, 0.717) is 32.0 Å². The fourth-order valence-electron chi connectivity index (χ4n) is 2.23. The minimum atomic E-state index is -4.18. The molecule has 1 fully saturated rings. The minimum absolute atomic E-state index is 0.00499. The lowest BCUT2D eigenvalue weighted by molar-refractivity contribution is -0.143. The Hall–Kier alpha value is -1.51. The summed E-state index contributed by atoms with van der Waals surface area (Å²) in [6, 6.07) is -0.102. The highest BCUT2D eigenvalue weighted by atomic mass is 19.4. The Balaban J connectivity index is 2.54. The fraction of sp³-hybridized carbons (Fsp3) is 0.857. The van der Waals surface area contributed by atoms with E-state index < -0.39 is 12.7 Å². The lowest BCUT2D eigenvalue weighted by atomic mass is 10.3. The van der Waals surface area contributed by atoms with Crippen LogP contribution in [-0.2, 0) is 4.79 Å². The molecule has 23 heavy (non-hydrogen) atoms. The number of amides is 1. The van der Waals surface area contributed by atoms with Gasteiger partial charge in [-0.1, -0.05) is 6.92 Å². The number of rotatable bonds is 6. The first-order valence-electron chi connectivity index (χ1n) is 7.75. The smallest absolute Gasteiger partial charge is 0.356 e. The summed E-state index contributed by atoms with van der Waals surface area (Å²) in [4.78, 5) is 18.6. The number of nitrogens with one attached hydrogen (secondary N) is 2. The van der Waals surface area contributed by atoms with Gasteiger partial charge in [0.25, 0.3) is 0 Å². The Bertz CT molecular complexity index is 412. The first-order valence-corrected chi connectivity index (χ1v) is 7.75. The van der Waals surface area contributed by atoms with E-state index in [-0.39, 0.29) is 18.5 Å². The molecular formula is C14H26F3N5O. The average Bonchev–Trinajstić information content (AvgIpc) is 2.86. The maximum absolute atomic E-state index is 12.4. The summed E-state index contributed by atoms with van der Waals surface area (Å²) in [5.41, 5.74) is 0. The third kappa shape index (κ3) is 8.06. The molecule has 0 saturated carbocycles. The summed E-state index contributed by atoms with van der Waals surface area (Å²) in [7, 11) is 3.30. The lowest BCUT2D eigenvalue weighted by Gasteiger charge is -2.20. The van der Waals surface area contributed by atoms with Crippen LogP contribution in [0, 0.1) is 0 Å². The zero-order valence-electron chi connectivity index (χ0n) is 13.9. The first-order chi connectivity index (χ1) is 10.7. The Labute approximate surface area is 135 Å². The van der Waals surface area contributed by atoms with E-state index in [1.165, 1.54) is 9.80 Å². The molecule has 1 heterocycles. The first kappa shape index (κ1) is 19.5. The van der Waals surface area contributed by atoms with Crippen molar-refractivity contribution in [2.45, 2.75) is 32.0 Å². The zero-order chi connectivity index (χ0) is 17.5. The number of aliphatic imine (C=N–C) groups is 1. The minimum Gasteiger partial charge on any atom is -0.356 e. The van der Waals surface area contributed by atoms with Crippen LogP contribution in [-0.4, -0.2) is 80.7 Å². The topological polar surface area (TPSA) is 60.0 Å². The summed E-state index contributed by atoms with van der Waals surface area (Å²) < 4.78 is 37.2. The highest BCUT2D eigenvalue weighted by Gasteiger charge is 2.34. The number of guanidine groups is 1. The van der Waals surface area contributed by atoms with Crippen molar-refractivity contribution in [2.75, 3.05) is 46.8 Å². The van der Waals surface area contributed by atoms with Crippen molar-refractivity contribution in [1.82, 2.24) is 20.4 Å². The van der Waals surface area contributed by atoms with Gasteiger partial charge >= 0.3 is 6.18 Å². The Kier molecular flexibility index (Phi) is 7.60. The van der Waals surface area contributed by atoms with Crippen molar-refractivity contribution in [1.29, 1.82) is 0 Å². The average molecular weight is 337 g/mol. The SMILES string of the molecule is CCCNC(=NCC(=O)N(C)C)NC1CCN(CC(F)(F)F)C1. The van der Waals surface area contributed by atoms with E-state index in [0.717, 1.165) is 6.42 Å². The fourth-order valence-corrected chi connectivity index (χ4v) is 2.23. The molecule has 0 aromatic rings. The third-order valence-corrected chi connectivity index (χ3v) is 3.43. The van der Waals surface area contributed by atoms with Crippen LogP contribution in [0.4, 0.5) is 13.2 Å². The second kappa shape index (κ2) is 8.95. The van der Waals surface area contributed by atoms with Crippen LogP contribution in [0.2, 0.25) is 0 Å². The number of nitrogens with zero attached hydrogens (tertiary/aromatic N) is 3. The van der Waals surface area contributed by atoms with Crippen LogP contribution in [0.3, 0.4) is 0 Å². The van der Waals surface area contributed by atoms with E-state index >= 15 is 0 Å². The highest BCUT2D eigenvalue weighted by Crippen LogP contribution is 2.19. The van der Waals surface area contributed by atoms with Crippen LogP contribution in [0.25, 0.3) is 0 Å². The number of carbonyl (C=O) groups excluding carboxylic acids is 1. The van der Waals surface area contributed by atoms with Crippen molar-refractivity contribution in [3.05, 3.63) is 0 Å². The lowest BCUT2D eigenvalue weighted by Crippen LogP contribution is -2.46. The predicted octanol–water partition coefficient (Wildman–Crippen LogP) is 0.656. The Morgan fingerprint density at radius 2 is 2.09 bits per heavy atom. The number of likely N-dealkylation sites (tertiary alicyclic amines) is 1. The summed E-state index contributed by atoms with van der Waals surface area (Å²) in [5.74, 6) is 0.341. The number of carbonyl (C=O) groups is 1. The normalized spacial score (nSPS) is 19.7. The molecule has 1 saturated heterocycles. The second-order valence-electron chi connectivity index (χ2n) is 5.86. The van der Waals surface area contributed by atoms with Crippen molar-refractivity contribution >= 4 is 11.9 Å². The standard InChI is InChI=1S/C14H26F3N5O/c1-4-6-18-13(19-8-12(23)21(2)3)20-11-5-7-22(9-11)10-14(15,16)17/h11H,4-10H2,1-3H3,(H2,18,19,20). The van der Waals surface area contributed by atoms with E-state index in [9.17, 15) is 18.0 Å². The molecular weight excluding hydrogens is 311 g/mol. The molecule has 134 valence electrons. The summed E-state index contributed by atoms with van der Waals surface area (Å²) in [6.45, 7) is 2.50. The molecule has 6 nitrogen and oxygen atoms in total. The number of halogens is 3. The van der Waals surface area contributed by atoms with Gasteiger partial charge in [0.1, 0.15) is 6.54 Å². The van der Waals surface area contributed by atoms with Gasteiger partial charge in [-0.3, -0.25) is 9.69 Å². The maximum atomic E-state index is 12.4. The number of hydrogen-bond donors (Lipinski definition) is 2. The van der Waals surface area contributed by atoms with Crippen LogP contribution in [0.15, 0.2) is 4.99 Å². The van der Waals surface area contributed by atoms with E-state index in [1.54, 1.807) is 14.1 Å². The van der Waals surface area contributed by atoms with Gasteiger partial charge < -0.3 is 15.5 Å². The summed E-state index contributed by atoms with van der Waals surface area (Å²) >= 11 is 0. The molecule has 1 aliphatic heterocycles. The molecule has 0 aromatic carbocycles. The third-order valence-electron chi connectivity index (χ3n) is 3.43. The maximum Gasteiger partial charge on any atom is 0.401 e. The second-order valence-corrected chi connectivity index (χ2v) is 5.86. The van der Waals surface area contributed by atoms with Gasteiger partial charge in [0.05, 0.1) is 6.54 Å². The molecule has 0 aliphatic carbocycles. The Morgan fingerprint density at radius 1 is 1.39 bits per heavy atom. The Morgan fingerprint density at radius 3 is 2.65 bits per heavy atom. The zero-order valence-corrected chi connectivity index (χ0v) is 13.9. The molecule has 2 N–H and O–H groups in total. The van der Waals surface area contributed by atoms with Crippen molar-refractivity contribution in [3.8, 4) is 0 Å². The van der Waals surface area contributed by atoms with E-state index in [4.69, 9.17) is 0 Å². The number of likely N-dealkylation sites (N-methyl/N-ethyl adjacent to an activating group) is 1. The van der Waals surface area contributed by atoms with E-state index in [1.807, 2.05) is 6.92 Å². The van der Waals surface area contributed by atoms with Gasteiger partial charge in [-0.2, -0.15) is 13.2 Å². The molecule has 0 radical (unpaired) electrons. The van der Waals surface area contributed by atoms with Crippen LogP contribution in [0.1, 0.15) is 19.8 Å². The molecule has 1 atom stereocenters. The number of alkyl halides is 3. The summed E-state index contributed by atoms with van der Waals surface area (Å²) in [5, 5.41) is 6.20. The van der Waals surface area contributed by atoms with Crippen molar-refractivity contribution in [2.24, 2.45) is 4.99 Å². The van der Waals surface area contributed by atoms with Crippen LogP contribution in [0.5, 0.6) is 0 Å². The van der Waals surface area contributed by atoms with Crippen LogP contribution < -0.4 is 10.6 Å². The quantitative estimate of drug-likeness (QED) is 0.552. The van der Waals surface area contributed by atoms with Crippen molar-refractivity contribution in [3.63, 3.8) is 0 Å². The van der Waals surface area contributed by atoms with Gasteiger partial charge in [0.2, 0.25) is 5.91 Å². The van der Waals surface area contributed by atoms with Gasteiger partial charge in [0.15, 0.2) is 5.96 Å². The van der Waals surface area contributed by atoms with E-state index in [2.05, 4.69) is 15.6 Å². The molecule has 0 spiro atoms. The van der Waals surface area contributed by atoms with Gasteiger partial charge in [0, 0.05) is 39.8 Å². The monoisotopic (exact) mass is 337 g/mol. The van der Waals surface area contributed by atoms with Gasteiger partial charge in [-0.05, 0) is 12.8 Å². The molecule has 0 bridgehead atoms. The number of hydrogen-bond acceptors (Lipinski definition) is 3. The largest absolute Gasteiger partial charge is 0.401 e. The van der Waals surface area contributed by atoms with Gasteiger partial charge in [-0.25, -0.2) is 4.99 Å². The molecule has 0 aromatic heterocycles. The molecule has 1 aliphatic rings. The molecule has 1 amide bonds.